The first-order chi connectivity index (χ1) is 9.37. The fourth-order valence-electron chi connectivity index (χ4n) is 2.33. The summed E-state index contributed by atoms with van der Waals surface area (Å²) in [6.45, 7) is 2.26. The van der Waals surface area contributed by atoms with E-state index in [1.807, 2.05) is 0 Å². The van der Waals surface area contributed by atoms with Crippen LogP contribution in [0.2, 0.25) is 0 Å². The number of likely N-dealkylation sites (tertiary alicyclic amines) is 1. The first-order valence-electron chi connectivity index (χ1n) is 6.33. The molecule has 20 heavy (non-hydrogen) atoms. The van der Waals surface area contributed by atoms with Crippen molar-refractivity contribution in [3.8, 4) is 5.75 Å². The number of nitrogens with zero attached hydrogens (tertiary/aromatic N) is 1. The number of carbonyl (C=O) groups is 2. The SMILES string of the molecule is COc1ccc(N)c(C(=O)N2CCC(C)(C(=O)O)C2)c1. The highest BCUT2D eigenvalue weighted by Crippen LogP contribution is 2.32. The van der Waals surface area contributed by atoms with E-state index in [0.717, 1.165) is 0 Å². The topological polar surface area (TPSA) is 92.9 Å². The molecule has 108 valence electrons. The minimum Gasteiger partial charge on any atom is -0.497 e. The lowest BCUT2D eigenvalue weighted by Gasteiger charge is -2.21. The van der Waals surface area contributed by atoms with Gasteiger partial charge in [-0.3, -0.25) is 9.59 Å². The van der Waals surface area contributed by atoms with E-state index in [1.54, 1.807) is 25.1 Å². The van der Waals surface area contributed by atoms with Crippen molar-refractivity contribution in [2.45, 2.75) is 13.3 Å². The van der Waals surface area contributed by atoms with Crippen LogP contribution in [-0.2, 0) is 4.79 Å². The summed E-state index contributed by atoms with van der Waals surface area (Å²) in [4.78, 5) is 25.2. The molecule has 1 aliphatic rings. The zero-order valence-electron chi connectivity index (χ0n) is 11.5. The van der Waals surface area contributed by atoms with Crippen LogP contribution in [0.15, 0.2) is 18.2 Å². The molecule has 0 aromatic heterocycles. The van der Waals surface area contributed by atoms with Crippen molar-refractivity contribution >= 4 is 17.6 Å². The number of nitrogens with two attached hydrogens (primary N) is 1. The highest BCUT2D eigenvalue weighted by atomic mass is 16.5. The molecule has 6 heteroatoms. The zero-order valence-corrected chi connectivity index (χ0v) is 11.5. The zero-order chi connectivity index (χ0) is 14.9. The maximum absolute atomic E-state index is 12.4. The fourth-order valence-corrected chi connectivity index (χ4v) is 2.33. The Balaban J connectivity index is 2.23. The van der Waals surface area contributed by atoms with Gasteiger partial charge < -0.3 is 20.5 Å². The Labute approximate surface area is 117 Å². The monoisotopic (exact) mass is 278 g/mol. The van der Waals surface area contributed by atoms with Gasteiger partial charge in [-0.15, -0.1) is 0 Å². The van der Waals surface area contributed by atoms with Crippen molar-refractivity contribution in [2.24, 2.45) is 5.41 Å². The smallest absolute Gasteiger partial charge is 0.311 e. The lowest BCUT2D eigenvalue weighted by Crippen LogP contribution is -2.35. The van der Waals surface area contributed by atoms with Gasteiger partial charge in [-0.25, -0.2) is 0 Å². The molecule has 0 radical (unpaired) electrons. The van der Waals surface area contributed by atoms with E-state index < -0.39 is 11.4 Å². The van der Waals surface area contributed by atoms with Crippen LogP contribution in [0.5, 0.6) is 5.75 Å². The lowest BCUT2D eigenvalue weighted by atomic mass is 9.90. The maximum Gasteiger partial charge on any atom is 0.311 e. The molecule has 2 rings (SSSR count). The molecule has 1 fully saturated rings. The third-order valence-electron chi connectivity index (χ3n) is 3.77. The van der Waals surface area contributed by atoms with Crippen molar-refractivity contribution in [1.29, 1.82) is 0 Å². The van der Waals surface area contributed by atoms with E-state index in [0.29, 0.717) is 30.0 Å². The molecule has 1 heterocycles. The molecule has 1 atom stereocenters. The molecule has 1 amide bonds. The number of carbonyl (C=O) groups excluding carboxylic acids is 1. The van der Waals surface area contributed by atoms with Crippen LogP contribution >= 0.6 is 0 Å². The summed E-state index contributed by atoms with van der Waals surface area (Å²) >= 11 is 0. The van der Waals surface area contributed by atoms with E-state index in [1.165, 1.54) is 12.0 Å². The fraction of sp³-hybridized carbons (Fsp3) is 0.429. The Hall–Kier alpha value is -2.24. The van der Waals surface area contributed by atoms with E-state index in [2.05, 4.69) is 0 Å². The number of rotatable bonds is 3. The van der Waals surface area contributed by atoms with E-state index in [-0.39, 0.29) is 12.5 Å². The summed E-state index contributed by atoms with van der Waals surface area (Å²) in [7, 11) is 1.51. The summed E-state index contributed by atoms with van der Waals surface area (Å²) in [5.74, 6) is -0.597. The van der Waals surface area contributed by atoms with Gasteiger partial charge in [0, 0.05) is 18.8 Å². The van der Waals surface area contributed by atoms with Gasteiger partial charge in [0.25, 0.3) is 5.91 Å². The van der Waals surface area contributed by atoms with Crippen LogP contribution < -0.4 is 10.5 Å². The van der Waals surface area contributed by atoms with Crippen LogP contribution in [0, 0.1) is 5.41 Å². The molecule has 0 spiro atoms. The average molecular weight is 278 g/mol. The van der Waals surface area contributed by atoms with Crippen LogP contribution in [0.25, 0.3) is 0 Å². The second-order valence-electron chi connectivity index (χ2n) is 5.30. The van der Waals surface area contributed by atoms with Crippen molar-refractivity contribution in [3.05, 3.63) is 23.8 Å². The summed E-state index contributed by atoms with van der Waals surface area (Å²) in [5, 5.41) is 9.20. The second-order valence-corrected chi connectivity index (χ2v) is 5.30. The molecule has 1 saturated heterocycles. The summed E-state index contributed by atoms with van der Waals surface area (Å²) in [5.41, 5.74) is 5.64. The first kappa shape index (κ1) is 14.2. The normalized spacial score (nSPS) is 21.8. The van der Waals surface area contributed by atoms with Crippen molar-refractivity contribution < 1.29 is 19.4 Å². The van der Waals surface area contributed by atoms with Gasteiger partial charge in [-0.1, -0.05) is 0 Å². The number of hydrogen-bond acceptors (Lipinski definition) is 4. The minimum atomic E-state index is -0.886. The Bertz CT molecular complexity index is 558. The van der Waals surface area contributed by atoms with E-state index >= 15 is 0 Å². The molecule has 3 N–H and O–H groups in total. The quantitative estimate of drug-likeness (QED) is 0.811. The first-order valence-corrected chi connectivity index (χ1v) is 6.33. The number of benzene rings is 1. The predicted octanol–water partition coefficient (Wildman–Crippen LogP) is 1.21. The molecule has 1 aromatic carbocycles. The number of hydrogen-bond donors (Lipinski definition) is 2. The molecule has 1 aromatic rings. The summed E-state index contributed by atoms with van der Waals surface area (Å²) in [6, 6.07) is 4.87. The van der Waals surface area contributed by atoms with Crippen LogP contribution in [0.4, 0.5) is 5.69 Å². The van der Waals surface area contributed by atoms with Crippen LogP contribution in [0.1, 0.15) is 23.7 Å². The molecule has 1 unspecified atom stereocenters. The van der Waals surface area contributed by atoms with Gasteiger partial charge in [0.2, 0.25) is 0 Å². The third-order valence-corrected chi connectivity index (χ3v) is 3.77. The van der Waals surface area contributed by atoms with Crippen molar-refractivity contribution in [3.63, 3.8) is 0 Å². The number of carboxylic acid groups (broad SMARTS) is 1. The minimum absolute atomic E-state index is 0.192. The molecule has 0 bridgehead atoms. The number of anilines is 1. The van der Waals surface area contributed by atoms with Gasteiger partial charge in [0.05, 0.1) is 18.1 Å². The Kier molecular flexibility index (Phi) is 3.57. The molecule has 1 aliphatic heterocycles. The number of ether oxygens (including phenoxy) is 1. The predicted molar refractivity (Wildman–Crippen MR) is 73.7 cm³/mol. The maximum atomic E-state index is 12.4. The molecule has 0 aliphatic carbocycles. The highest BCUT2D eigenvalue weighted by Gasteiger charge is 2.42. The van der Waals surface area contributed by atoms with Gasteiger partial charge in [-0.2, -0.15) is 0 Å². The Morgan fingerprint density at radius 3 is 2.70 bits per heavy atom. The Morgan fingerprint density at radius 2 is 2.15 bits per heavy atom. The standard InChI is InChI=1S/C14H18N2O4/c1-14(13(18)19)5-6-16(8-14)12(17)10-7-9(20-2)3-4-11(10)15/h3-4,7H,5-6,8,15H2,1-2H3,(H,18,19). The van der Waals surface area contributed by atoms with Gasteiger partial charge >= 0.3 is 5.97 Å². The third kappa shape index (κ3) is 2.41. The molecule has 6 nitrogen and oxygen atoms in total. The average Bonchev–Trinajstić information content (AvgIpc) is 2.83. The van der Waals surface area contributed by atoms with Gasteiger partial charge in [0.1, 0.15) is 5.75 Å². The second kappa shape index (κ2) is 5.03. The summed E-state index contributed by atoms with van der Waals surface area (Å²) in [6.07, 6.45) is 0.442. The number of aliphatic carboxylic acids is 1. The summed E-state index contributed by atoms with van der Waals surface area (Å²) < 4.78 is 5.08. The Morgan fingerprint density at radius 1 is 1.45 bits per heavy atom. The van der Waals surface area contributed by atoms with Crippen LogP contribution in [0.3, 0.4) is 0 Å². The molecular formula is C14H18N2O4. The van der Waals surface area contributed by atoms with Crippen LogP contribution in [-0.4, -0.2) is 42.1 Å². The number of carboxylic acids is 1. The van der Waals surface area contributed by atoms with Gasteiger partial charge in [-0.05, 0) is 31.5 Å². The molecule has 0 saturated carbocycles. The van der Waals surface area contributed by atoms with E-state index in [9.17, 15) is 14.7 Å². The molecular weight excluding hydrogens is 260 g/mol. The largest absolute Gasteiger partial charge is 0.497 e. The van der Waals surface area contributed by atoms with Crippen molar-refractivity contribution in [1.82, 2.24) is 4.90 Å². The number of amides is 1. The highest BCUT2D eigenvalue weighted by molar-refractivity contribution is 6.00. The van der Waals surface area contributed by atoms with Gasteiger partial charge in [0.15, 0.2) is 0 Å². The number of methoxy groups -OCH3 is 1. The lowest BCUT2D eigenvalue weighted by molar-refractivity contribution is -0.147. The van der Waals surface area contributed by atoms with E-state index in [4.69, 9.17) is 10.5 Å². The van der Waals surface area contributed by atoms with Crippen molar-refractivity contribution in [2.75, 3.05) is 25.9 Å². The number of nitrogen functional groups attached to an aromatic ring is 1.